The summed E-state index contributed by atoms with van der Waals surface area (Å²) in [7, 11) is 0. The molecule has 0 N–H and O–H groups in total. The highest BCUT2D eigenvalue weighted by molar-refractivity contribution is 7.10. The number of hydrogen-bond donors (Lipinski definition) is 0. The van der Waals surface area contributed by atoms with Gasteiger partial charge >= 0.3 is 5.97 Å². The minimum Gasteiger partial charge on any atom is -0.463 e. The molecule has 1 atom stereocenters. The van der Waals surface area contributed by atoms with Crippen molar-refractivity contribution in [2.45, 2.75) is 13.0 Å². The second-order valence-electron chi connectivity index (χ2n) is 7.47. The summed E-state index contributed by atoms with van der Waals surface area (Å²) in [4.78, 5) is 33.1. The Morgan fingerprint density at radius 2 is 1.88 bits per heavy atom. The van der Waals surface area contributed by atoms with E-state index < -0.39 is 12.0 Å². The van der Waals surface area contributed by atoms with Crippen molar-refractivity contribution < 1.29 is 9.53 Å². The number of benzene rings is 2. The van der Waals surface area contributed by atoms with E-state index in [4.69, 9.17) is 21.3 Å². The normalized spacial score (nSPS) is 15.7. The Morgan fingerprint density at radius 1 is 1.12 bits per heavy atom. The number of carbonyl (C=O) groups excluding carboxylic acids is 1. The van der Waals surface area contributed by atoms with Crippen LogP contribution in [0.4, 0.5) is 0 Å². The molecule has 0 unspecified atom stereocenters. The fraction of sp³-hybridized carbons (Fsp3) is 0.115. The van der Waals surface area contributed by atoms with E-state index in [1.807, 2.05) is 66.0 Å². The van der Waals surface area contributed by atoms with E-state index in [0.29, 0.717) is 25.6 Å². The number of thiazole rings is 1. The van der Waals surface area contributed by atoms with Crippen LogP contribution in [0.5, 0.6) is 0 Å². The van der Waals surface area contributed by atoms with Gasteiger partial charge in [-0.2, -0.15) is 0 Å². The van der Waals surface area contributed by atoms with Crippen LogP contribution in [0.3, 0.4) is 0 Å². The number of nitrogens with zero attached hydrogens (tertiary/aromatic N) is 2. The van der Waals surface area contributed by atoms with E-state index in [1.165, 1.54) is 22.7 Å². The molecular formula is C26H19ClN2O3S2. The van der Waals surface area contributed by atoms with Gasteiger partial charge in [0.1, 0.15) is 6.04 Å². The second kappa shape index (κ2) is 9.54. The van der Waals surface area contributed by atoms with E-state index in [1.54, 1.807) is 23.6 Å². The molecule has 0 bridgehead atoms. The number of esters is 1. The Morgan fingerprint density at radius 3 is 2.59 bits per heavy atom. The molecule has 1 aliphatic rings. The molecule has 4 aromatic rings. The number of halogens is 1. The maximum atomic E-state index is 13.7. The number of carbonyl (C=O) groups is 1. The predicted molar refractivity (Wildman–Crippen MR) is 137 cm³/mol. The van der Waals surface area contributed by atoms with Gasteiger partial charge in [0, 0.05) is 15.5 Å². The second-order valence-corrected chi connectivity index (χ2v) is 9.86. The highest BCUT2D eigenvalue weighted by atomic mass is 35.5. The van der Waals surface area contributed by atoms with Gasteiger partial charge in [-0.3, -0.25) is 9.36 Å². The van der Waals surface area contributed by atoms with Crippen molar-refractivity contribution in [2.24, 2.45) is 4.99 Å². The molecule has 0 saturated heterocycles. The quantitative estimate of drug-likeness (QED) is 0.370. The topological polar surface area (TPSA) is 60.7 Å². The first kappa shape index (κ1) is 22.5. The van der Waals surface area contributed by atoms with Crippen molar-refractivity contribution in [1.82, 2.24) is 4.57 Å². The lowest BCUT2D eigenvalue weighted by atomic mass is 9.97. The first-order chi connectivity index (χ1) is 16.6. The number of thiophene rings is 1. The molecular weight excluding hydrogens is 488 g/mol. The minimum atomic E-state index is -0.640. The molecule has 1 aliphatic heterocycles. The summed E-state index contributed by atoms with van der Waals surface area (Å²) in [5.74, 6) is -0.483. The van der Waals surface area contributed by atoms with Crippen LogP contribution in [-0.4, -0.2) is 17.1 Å². The molecule has 170 valence electrons. The van der Waals surface area contributed by atoms with E-state index in [2.05, 4.69) is 0 Å². The minimum absolute atomic E-state index is 0.221. The summed E-state index contributed by atoms with van der Waals surface area (Å²) in [6, 6.07) is 20.1. The Bertz CT molecular complexity index is 1570. The molecule has 2 aromatic heterocycles. The molecule has 0 amide bonds. The van der Waals surface area contributed by atoms with Crippen LogP contribution in [0.25, 0.3) is 11.8 Å². The van der Waals surface area contributed by atoms with Crippen LogP contribution in [0.15, 0.2) is 87.5 Å². The third-order valence-corrected chi connectivity index (χ3v) is 7.63. The van der Waals surface area contributed by atoms with E-state index in [9.17, 15) is 9.59 Å². The van der Waals surface area contributed by atoms with E-state index in [0.717, 1.165) is 16.0 Å². The van der Waals surface area contributed by atoms with Gasteiger partial charge in [-0.25, -0.2) is 9.79 Å². The third kappa shape index (κ3) is 4.07. The standard InChI is InChI=1S/C26H19ClN2O3S2/c1-2-32-25(31)21-22(16-9-4-3-5-10-16)28-26-29(23(21)19-13-8-14-33-19)24(30)20(34-26)15-17-11-6-7-12-18(17)27/h3-15,23H,2H2,1H3/t23-/m1/s1. The molecule has 0 saturated carbocycles. The van der Waals surface area contributed by atoms with Gasteiger partial charge in [-0.15, -0.1) is 11.3 Å². The molecule has 3 heterocycles. The van der Waals surface area contributed by atoms with Crippen LogP contribution in [-0.2, 0) is 9.53 Å². The van der Waals surface area contributed by atoms with E-state index >= 15 is 0 Å². The Balaban J connectivity index is 1.83. The van der Waals surface area contributed by atoms with Crippen molar-refractivity contribution >= 4 is 52.0 Å². The predicted octanol–water partition coefficient (Wildman–Crippen LogP) is 4.65. The Hall–Kier alpha value is -3.26. The van der Waals surface area contributed by atoms with Gasteiger partial charge in [-0.05, 0) is 36.1 Å². The first-order valence-corrected chi connectivity index (χ1v) is 12.7. The zero-order chi connectivity index (χ0) is 23.7. The summed E-state index contributed by atoms with van der Waals surface area (Å²) < 4.78 is 7.53. The van der Waals surface area contributed by atoms with Crippen LogP contribution in [0.2, 0.25) is 5.02 Å². The Labute approximate surface area is 208 Å². The van der Waals surface area contributed by atoms with Gasteiger partial charge in [0.05, 0.1) is 22.4 Å². The zero-order valence-electron chi connectivity index (χ0n) is 18.1. The average Bonchev–Trinajstić information content (AvgIpc) is 3.49. The van der Waals surface area contributed by atoms with E-state index in [-0.39, 0.29) is 12.2 Å². The van der Waals surface area contributed by atoms with Crippen LogP contribution < -0.4 is 14.9 Å². The summed E-state index contributed by atoms with van der Waals surface area (Å²) >= 11 is 9.10. The monoisotopic (exact) mass is 506 g/mol. The molecule has 0 spiro atoms. The lowest BCUT2D eigenvalue weighted by Crippen LogP contribution is -2.39. The number of rotatable bonds is 5. The highest BCUT2D eigenvalue weighted by Gasteiger charge is 2.35. The SMILES string of the molecule is CCOC(=O)C1=C(c2ccccc2)N=c2sc(=Cc3ccccc3Cl)c(=O)n2[C@@H]1c1cccs1. The number of ether oxygens (including phenoxy) is 1. The average molecular weight is 507 g/mol. The molecule has 8 heteroatoms. The van der Waals surface area contributed by atoms with Crippen molar-refractivity contribution in [3.8, 4) is 0 Å². The molecule has 0 radical (unpaired) electrons. The van der Waals surface area contributed by atoms with Crippen LogP contribution >= 0.6 is 34.3 Å². The summed E-state index contributed by atoms with van der Waals surface area (Å²) in [5.41, 5.74) is 2.18. The molecule has 0 fully saturated rings. The number of aromatic nitrogens is 1. The fourth-order valence-corrected chi connectivity index (χ4v) is 5.90. The van der Waals surface area contributed by atoms with Gasteiger partial charge < -0.3 is 4.74 Å². The van der Waals surface area contributed by atoms with Crippen LogP contribution in [0.1, 0.15) is 29.0 Å². The van der Waals surface area contributed by atoms with Gasteiger partial charge in [0.25, 0.3) is 5.56 Å². The largest absolute Gasteiger partial charge is 0.463 e. The Kier molecular flexibility index (Phi) is 6.32. The molecule has 34 heavy (non-hydrogen) atoms. The lowest BCUT2D eigenvalue weighted by molar-refractivity contribution is -0.138. The van der Waals surface area contributed by atoms with Crippen LogP contribution in [0, 0.1) is 0 Å². The zero-order valence-corrected chi connectivity index (χ0v) is 20.5. The lowest BCUT2D eigenvalue weighted by Gasteiger charge is -2.24. The fourth-order valence-electron chi connectivity index (χ4n) is 3.89. The molecule has 5 nitrogen and oxygen atoms in total. The molecule has 0 aliphatic carbocycles. The van der Waals surface area contributed by atoms with Crippen molar-refractivity contribution in [3.05, 3.63) is 118 Å². The molecule has 5 rings (SSSR count). The van der Waals surface area contributed by atoms with Gasteiger partial charge in [0.15, 0.2) is 4.80 Å². The maximum absolute atomic E-state index is 13.7. The summed E-state index contributed by atoms with van der Waals surface area (Å²) in [5, 5.41) is 2.49. The number of hydrogen-bond acceptors (Lipinski definition) is 6. The van der Waals surface area contributed by atoms with Gasteiger partial charge in [0.2, 0.25) is 0 Å². The third-order valence-electron chi connectivity index (χ3n) is 5.38. The number of fused-ring (bicyclic) bond motifs is 1. The first-order valence-electron chi connectivity index (χ1n) is 10.6. The van der Waals surface area contributed by atoms with Crippen molar-refractivity contribution in [2.75, 3.05) is 6.61 Å². The van der Waals surface area contributed by atoms with Crippen molar-refractivity contribution in [1.29, 1.82) is 0 Å². The molecule has 2 aromatic carbocycles. The smallest absolute Gasteiger partial charge is 0.338 e. The maximum Gasteiger partial charge on any atom is 0.338 e. The van der Waals surface area contributed by atoms with Crippen molar-refractivity contribution in [3.63, 3.8) is 0 Å². The highest BCUT2D eigenvalue weighted by Crippen LogP contribution is 2.36. The summed E-state index contributed by atoms with van der Waals surface area (Å²) in [6.45, 7) is 1.98. The van der Waals surface area contributed by atoms with Gasteiger partial charge in [-0.1, -0.05) is 77.5 Å². The summed E-state index contributed by atoms with van der Waals surface area (Å²) in [6.07, 6.45) is 1.77.